The molecule has 0 heterocycles. The number of amides is 1. The molecule has 0 aliphatic rings. The van der Waals surface area contributed by atoms with Crippen molar-refractivity contribution >= 4 is 27.6 Å². The van der Waals surface area contributed by atoms with E-state index in [1.54, 1.807) is 48.5 Å². The van der Waals surface area contributed by atoms with Gasteiger partial charge in [0.05, 0.1) is 4.90 Å². The van der Waals surface area contributed by atoms with Crippen LogP contribution in [0.4, 0.5) is 5.69 Å². The molecule has 0 spiro atoms. The molecule has 25 heavy (non-hydrogen) atoms. The van der Waals surface area contributed by atoms with Crippen molar-refractivity contribution in [2.75, 3.05) is 11.9 Å². The van der Waals surface area contributed by atoms with Gasteiger partial charge in [0.2, 0.25) is 10.0 Å². The van der Waals surface area contributed by atoms with Gasteiger partial charge in [0, 0.05) is 5.69 Å². The molecule has 0 aromatic heterocycles. The van der Waals surface area contributed by atoms with Crippen LogP contribution in [0, 0.1) is 0 Å². The van der Waals surface area contributed by atoms with Gasteiger partial charge in [-0.3, -0.25) is 9.59 Å². The largest absolute Gasteiger partial charge is 0.452 e. The third-order valence-corrected chi connectivity index (χ3v) is 4.60. The number of benzene rings is 2. The lowest BCUT2D eigenvalue weighted by molar-refractivity contribution is -0.151. The van der Waals surface area contributed by atoms with Crippen molar-refractivity contribution in [2.24, 2.45) is 0 Å². The number of para-hydroxylation sites is 1. The number of sulfonamides is 1. The average Bonchev–Trinajstić information content (AvgIpc) is 2.61. The second-order valence-corrected chi connectivity index (χ2v) is 6.89. The van der Waals surface area contributed by atoms with Gasteiger partial charge < -0.3 is 10.1 Å². The Kier molecular flexibility index (Phi) is 6.26. The number of nitrogens with one attached hydrogen (secondary N) is 2. The first kappa shape index (κ1) is 18.6. The smallest absolute Gasteiger partial charge is 0.321 e. The summed E-state index contributed by atoms with van der Waals surface area (Å²) in [5.74, 6) is -1.36. The highest BCUT2D eigenvalue weighted by molar-refractivity contribution is 7.89. The van der Waals surface area contributed by atoms with Gasteiger partial charge in [-0.25, -0.2) is 8.42 Å². The van der Waals surface area contributed by atoms with Gasteiger partial charge in [-0.1, -0.05) is 36.4 Å². The van der Waals surface area contributed by atoms with Crippen LogP contribution in [0.5, 0.6) is 0 Å². The van der Waals surface area contributed by atoms with E-state index in [1.165, 1.54) is 19.1 Å². The Hall–Kier alpha value is -2.71. The van der Waals surface area contributed by atoms with E-state index in [1.807, 2.05) is 0 Å². The molecule has 8 heteroatoms. The topological polar surface area (TPSA) is 102 Å². The van der Waals surface area contributed by atoms with Crippen molar-refractivity contribution < 1.29 is 22.7 Å². The predicted octanol–water partition coefficient (Wildman–Crippen LogP) is 1.54. The summed E-state index contributed by atoms with van der Waals surface area (Å²) in [6.45, 7) is 0.835. The molecule has 0 saturated heterocycles. The minimum absolute atomic E-state index is 0.0395. The summed E-state index contributed by atoms with van der Waals surface area (Å²) in [4.78, 5) is 23.7. The first-order chi connectivity index (χ1) is 11.9. The van der Waals surface area contributed by atoms with Crippen LogP contribution in [0.25, 0.3) is 0 Å². The highest BCUT2D eigenvalue weighted by Crippen LogP contribution is 2.08. The summed E-state index contributed by atoms with van der Waals surface area (Å²) in [7, 11) is -3.81. The number of rotatable bonds is 7. The molecule has 0 radical (unpaired) electrons. The van der Waals surface area contributed by atoms with Gasteiger partial charge in [-0.05, 0) is 31.2 Å². The molecule has 2 aromatic carbocycles. The van der Waals surface area contributed by atoms with E-state index in [-0.39, 0.29) is 4.90 Å². The zero-order chi connectivity index (χ0) is 18.3. The fraction of sp³-hybridized carbons (Fsp3) is 0.176. The van der Waals surface area contributed by atoms with Gasteiger partial charge in [-0.2, -0.15) is 4.72 Å². The SMILES string of the molecule is C[C@@H](OC(=O)CNS(=O)(=O)c1ccccc1)C(=O)Nc1ccccc1. The Morgan fingerprint density at radius 2 is 1.56 bits per heavy atom. The first-order valence-electron chi connectivity index (χ1n) is 7.48. The minimum atomic E-state index is -3.81. The zero-order valence-corrected chi connectivity index (χ0v) is 14.3. The van der Waals surface area contributed by atoms with Crippen LogP contribution >= 0.6 is 0 Å². The van der Waals surface area contributed by atoms with Gasteiger partial charge in [0.25, 0.3) is 5.91 Å². The Morgan fingerprint density at radius 1 is 1.00 bits per heavy atom. The highest BCUT2D eigenvalue weighted by atomic mass is 32.2. The summed E-state index contributed by atoms with van der Waals surface area (Å²) in [6.07, 6.45) is -1.06. The quantitative estimate of drug-likeness (QED) is 0.728. The Morgan fingerprint density at radius 3 is 2.16 bits per heavy atom. The lowest BCUT2D eigenvalue weighted by Gasteiger charge is -2.14. The van der Waals surface area contributed by atoms with Gasteiger partial charge in [0.15, 0.2) is 6.10 Å². The molecule has 1 amide bonds. The molecule has 2 N–H and O–H groups in total. The molecule has 0 aliphatic carbocycles. The van der Waals surface area contributed by atoms with Gasteiger partial charge in [0.1, 0.15) is 6.54 Å². The lowest BCUT2D eigenvalue weighted by atomic mass is 10.3. The number of ether oxygens (including phenoxy) is 1. The van der Waals surface area contributed by atoms with Crippen molar-refractivity contribution in [3.05, 3.63) is 60.7 Å². The average molecular weight is 362 g/mol. The summed E-state index contributed by atoms with van der Waals surface area (Å²) >= 11 is 0. The molecule has 2 rings (SSSR count). The molecular formula is C17H18N2O5S. The van der Waals surface area contributed by atoms with Crippen molar-refractivity contribution in [3.8, 4) is 0 Å². The van der Waals surface area contributed by atoms with E-state index in [0.29, 0.717) is 5.69 Å². The molecule has 0 fully saturated rings. The third-order valence-electron chi connectivity index (χ3n) is 3.18. The maximum Gasteiger partial charge on any atom is 0.321 e. The van der Waals surface area contributed by atoms with Crippen molar-refractivity contribution in [2.45, 2.75) is 17.9 Å². The number of hydrogen-bond acceptors (Lipinski definition) is 5. The third kappa shape index (κ3) is 5.70. The van der Waals surface area contributed by atoms with Crippen molar-refractivity contribution in [1.29, 1.82) is 0 Å². The van der Waals surface area contributed by atoms with E-state index < -0.39 is 34.5 Å². The second kappa shape index (κ2) is 8.41. The van der Waals surface area contributed by atoms with Crippen LogP contribution in [-0.2, 0) is 24.3 Å². The molecule has 1 atom stereocenters. The van der Waals surface area contributed by atoms with Crippen LogP contribution in [0.15, 0.2) is 65.6 Å². The number of esters is 1. The van der Waals surface area contributed by atoms with E-state index in [4.69, 9.17) is 4.74 Å². The molecule has 0 unspecified atom stereocenters. The fourth-order valence-corrected chi connectivity index (χ4v) is 2.88. The molecular weight excluding hydrogens is 344 g/mol. The van der Waals surface area contributed by atoms with Crippen molar-refractivity contribution in [1.82, 2.24) is 4.72 Å². The predicted molar refractivity (Wildman–Crippen MR) is 92.3 cm³/mol. The summed E-state index contributed by atoms with van der Waals surface area (Å²) in [6, 6.07) is 16.3. The summed E-state index contributed by atoms with van der Waals surface area (Å²) in [5, 5.41) is 2.59. The molecule has 2 aromatic rings. The zero-order valence-electron chi connectivity index (χ0n) is 13.5. The molecule has 0 bridgehead atoms. The van der Waals surface area contributed by atoms with E-state index in [0.717, 1.165) is 0 Å². The van der Waals surface area contributed by atoms with E-state index in [2.05, 4.69) is 10.0 Å². The lowest BCUT2D eigenvalue weighted by Crippen LogP contribution is -2.35. The monoisotopic (exact) mass is 362 g/mol. The van der Waals surface area contributed by atoms with Crippen LogP contribution in [-0.4, -0.2) is 32.9 Å². The standard InChI is InChI=1S/C17H18N2O5S/c1-13(17(21)19-14-8-4-2-5-9-14)24-16(20)12-18-25(22,23)15-10-6-3-7-11-15/h2-11,13,18H,12H2,1H3,(H,19,21)/t13-/m1/s1. The molecule has 0 aliphatic heterocycles. The van der Waals surface area contributed by atoms with Crippen LogP contribution < -0.4 is 10.0 Å². The Labute approximate surface area is 146 Å². The summed E-state index contributed by atoms with van der Waals surface area (Å²) < 4.78 is 31.1. The maximum atomic E-state index is 12.0. The minimum Gasteiger partial charge on any atom is -0.452 e. The van der Waals surface area contributed by atoms with E-state index >= 15 is 0 Å². The molecule has 0 saturated carbocycles. The second-order valence-electron chi connectivity index (χ2n) is 5.12. The maximum absolute atomic E-state index is 12.0. The highest BCUT2D eigenvalue weighted by Gasteiger charge is 2.20. The fourth-order valence-electron chi connectivity index (χ4n) is 1.89. The van der Waals surface area contributed by atoms with Gasteiger partial charge in [-0.15, -0.1) is 0 Å². The Balaban J connectivity index is 1.84. The molecule has 132 valence electrons. The van der Waals surface area contributed by atoms with Crippen molar-refractivity contribution in [3.63, 3.8) is 0 Å². The first-order valence-corrected chi connectivity index (χ1v) is 8.97. The number of hydrogen-bond donors (Lipinski definition) is 2. The van der Waals surface area contributed by atoms with Gasteiger partial charge >= 0.3 is 5.97 Å². The Bertz CT molecular complexity index is 823. The number of carbonyl (C=O) groups excluding carboxylic acids is 2. The normalized spacial score (nSPS) is 12.2. The van der Waals surface area contributed by atoms with Crippen LogP contribution in [0.3, 0.4) is 0 Å². The van der Waals surface area contributed by atoms with Crippen LogP contribution in [0.2, 0.25) is 0 Å². The molecule has 7 nitrogen and oxygen atoms in total. The number of carbonyl (C=O) groups is 2. The van der Waals surface area contributed by atoms with Crippen LogP contribution in [0.1, 0.15) is 6.92 Å². The summed E-state index contributed by atoms with van der Waals surface area (Å²) in [5.41, 5.74) is 0.570. The number of anilines is 1. The van der Waals surface area contributed by atoms with E-state index in [9.17, 15) is 18.0 Å².